The molecule has 0 saturated carbocycles. The zero-order valence-electron chi connectivity index (χ0n) is 12.3. The first-order valence-corrected chi connectivity index (χ1v) is 9.39. The van der Waals surface area contributed by atoms with Crippen LogP contribution in [-0.2, 0) is 10.0 Å². The van der Waals surface area contributed by atoms with Gasteiger partial charge in [-0.25, -0.2) is 8.42 Å². The first-order chi connectivity index (χ1) is 9.39. The minimum Gasteiger partial charge on any atom is -0.206 e. The predicted molar refractivity (Wildman–Crippen MR) is 89.3 cm³/mol. The van der Waals surface area contributed by atoms with Crippen molar-refractivity contribution in [1.29, 1.82) is 0 Å². The molecule has 1 aromatic rings. The van der Waals surface area contributed by atoms with Crippen LogP contribution in [0.3, 0.4) is 0 Å². The third-order valence-electron chi connectivity index (χ3n) is 2.45. The second-order valence-electron chi connectivity index (χ2n) is 4.15. The molecule has 0 unspecified atom stereocenters. The number of unbranched alkanes of at least 4 members (excludes halogenated alkanes) is 1. The van der Waals surface area contributed by atoms with Gasteiger partial charge in [0, 0.05) is 18.2 Å². The van der Waals surface area contributed by atoms with Crippen molar-refractivity contribution in [2.75, 3.05) is 7.05 Å². The summed E-state index contributed by atoms with van der Waals surface area (Å²) in [7, 11) is 3.35. The average molecular weight is 336 g/mol. The molecule has 0 aliphatic heterocycles. The highest BCUT2D eigenvalue weighted by Gasteiger charge is 2.20. The van der Waals surface area contributed by atoms with Gasteiger partial charge in [0.2, 0.25) is 0 Å². The van der Waals surface area contributed by atoms with Crippen LogP contribution in [0.1, 0.15) is 32.3 Å². The molecule has 0 aromatic heterocycles. The van der Waals surface area contributed by atoms with Crippen molar-refractivity contribution in [3.05, 3.63) is 42.0 Å². The molecule has 0 heterocycles. The van der Waals surface area contributed by atoms with Crippen molar-refractivity contribution in [2.24, 2.45) is 0 Å². The number of nitrogens with zero attached hydrogens (tertiary/aromatic N) is 1. The first-order valence-electron chi connectivity index (χ1n) is 6.35. The molecule has 0 amide bonds. The fourth-order valence-corrected chi connectivity index (χ4v) is 3.23. The van der Waals surface area contributed by atoms with E-state index in [-0.39, 0.29) is 4.90 Å². The molecule has 0 fully saturated rings. The maximum absolute atomic E-state index is 11.7. The molecule has 1 rings (SSSR count). The number of aryl methyl sites for hydroxylation is 1. The van der Waals surface area contributed by atoms with E-state index in [1.54, 1.807) is 24.3 Å². The molecule has 0 aliphatic carbocycles. The second kappa shape index (κ2) is 10.3. The molecule has 3 nitrogen and oxygen atoms in total. The van der Waals surface area contributed by atoms with Crippen LogP contribution in [0.5, 0.6) is 0 Å². The molecule has 0 atom stereocenters. The molecular weight excluding hydrogens is 314 g/mol. The quantitative estimate of drug-likeness (QED) is 0.574. The molecule has 0 bridgehead atoms. The van der Waals surface area contributed by atoms with Gasteiger partial charge in [-0.05, 0) is 43.1 Å². The van der Waals surface area contributed by atoms with E-state index in [0.717, 1.165) is 9.27 Å². The van der Waals surface area contributed by atoms with E-state index in [2.05, 4.69) is 26.0 Å². The van der Waals surface area contributed by atoms with Crippen LogP contribution in [0.4, 0.5) is 0 Å². The third kappa shape index (κ3) is 6.79. The number of sulfonamides is 1. The normalized spacial score (nSPS) is 11.5. The lowest BCUT2D eigenvalue weighted by Gasteiger charge is -2.11. The van der Waals surface area contributed by atoms with Crippen molar-refractivity contribution in [3.8, 4) is 0 Å². The molecule has 0 radical (unpaired) electrons. The van der Waals surface area contributed by atoms with Gasteiger partial charge in [0.15, 0.2) is 0 Å². The van der Waals surface area contributed by atoms with E-state index in [1.807, 2.05) is 6.92 Å². The molecule has 0 aliphatic rings. The van der Waals surface area contributed by atoms with Crippen LogP contribution < -0.4 is 0 Å². The highest BCUT2D eigenvalue weighted by molar-refractivity contribution is 8.24. The second-order valence-corrected chi connectivity index (χ2v) is 7.45. The van der Waals surface area contributed by atoms with Crippen LogP contribution in [0, 0.1) is 6.92 Å². The van der Waals surface area contributed by atoms with E-state index in [9.17, 15) is 8.42 Å². The van der Waals surface area contributed by atoms with Crippen molar-refractivity contribution in [3.63, 3.8) is 0 Å². The van der Waals surface area contributed by atoms with Gasteiger partial charge in [-0.1, -0.05) is 43.2 Å². The Bertz CT molecular complexity index is 498. The van der Waals surface area contributed by atoms with Crippen LogP contribution >= 0.6 is 21.8 Å². The van der Waals surface area contributed by atoms with Gasteiger partial charge in [0.1, 0.15) is 0 Å². The molecule has 0 saturated heterocycles. The largest absolute Gasteiger partial charge is 0.252 e. The molecule has 0 N–H and O–H groups in total. The fourth-order valence-electron chi connectivity index (χ4n) is 1.23. The Kier molecular flexibility index (Phi) is 10.0. The number of hydrogen-bond donors (Lipinski definition) is 0. The summed E-state index contributed by atoms with van der Waals surface area (Å²) < 4.78 is 24.4. The van der Waals surface area contributed by atoms with Gasteiger partial charge in [-0.2, -0.15) is 0 Å². The minimum absolute atomic E-state index is 0.249. The number of benzene rings is 1. The van der Waals surface area contributed by atoms with Gasteiger partial charge in [0.05, 0.1) is 4.90 Å². The summed E-state index contributed by atoms with van der Waals surface area (Å²) in [6.07, 6.45) is 6.77. The summed E-state index contributed by atoms with van der Waals surface area (Å²) >= 11 is 0.648. The summed E-state index contributed by atoms with van der Waals surface area (Å²) in [5.74, 6) is 0. The SMILES string of the molecule is C/C=C/CCC.Cc1ccc(S(=O)(=O)N(C)SCl)cc1. The van der Waals surface area contributed by atoms with E-state index in [0.29, 0.717) is 11.2 Å². The Labute approximate surface area is 131 Å². The molecule has 0 spiro atoms. The zero-order valence-corrected chi connectivity index (χ0v) is 14.7. The Morgan fingerprint density at radius 3 is 2.20 bits per heavy atom. The molecule has 6 heteroatoms. The lowest BCUT2D eigenvalue weighted by molar-refractivity contribution is 0.565. The van der Waals surface area contributed by atoms with Crippen molar-refractivity contribution in [1.82, 2.24) is 3.71 Å². The average Bonchev–Trinajstić information content (AvgIpc) is 2.45. The molecule has 20 heavy (non-hydrogen) atoms. The number of hydrogen-bond acceptors (Lipinski definition) is 3. The summed E-state index contributed by atoms with van der Waals surface area (Å²) in [5.41, 5.74) is 1.02. The Balaban J connectivity index is 0.000000511. The predicted octanol–water partition coefficient (Wildman–Crippen LogP) is 4.78. The smallest absolute Gasteiger partial charge is 0.206 e. The number of allylic oxidation sites excluding steroid dienone is 2. The van der Waals surface area contributed by atoms with Crippen LogP contribution in [0.2, 0.25) is 0 Å². The van der Waals surface area contributed by atoms with E-state index in [1.165, 1.54) is 19.9 Å². The maximum Gasteiger partial charge on any atom is 0.252 e. The van der Waals surface area contributed by atoms with Gasteiger partial charge in [0.25, 0.3) is 10.0 Å². The lowest BCUT2D eigenvalue weighted by atomic mass is 10.2. The monoisotopic (exact) mass is 335 g/mol. The molecule has 1 aromatic carbocycles. The van der Waals surface area contributed by atoms with Gasteiger partial charge in [-0.15, -0.1) is 3.71 Å². The third-order valence-corrected chi connectivity index (χ3v) is 5.86. The number of rotatable bonds is 5. The minimum atomic E-state index is -3.44. The maximum atomic E-state index is 11.7. The van der Waals surface area contributed by atoms with Gasteiger partial charge >= 0.3 is 0 Å². The Hall–Kier alpha value is -0.490. The number of halogens is 1. The highest BCUT2D eigenvalue weighted by Crippen LogP contribution is 2.23. The summed E-state index contributed by atoms with van der Waals surface area (Å²) in [5, 5.41) is 0. The van der Waals surface area contributed by atoms with E-state index >= 15 is 0 Å². The van der Waals surface area contributed by atoms with E-state index in [4.69, 9.17) is 10.7 Å². The Morgan fingerprint density at radius 1 is 1.30 bits per heavy atom. The first kappa shape index (κ1) is 19.5. The highest BCUT2D eigenvalue weighted by atomic mass is 35.7. The van der Waals surface area contributed by atoms with Gasteiger partial charge < -0.3 is 0 Å². The summed E-state index contributed by atoms with van der Waals surface area (Å²) in [4.78, 5) is 0.249. The zero-order chi connectivity index (χ0) is 15.6. The Morgan fingerprint density at radius 2 is 1.85 bits per heavy atom. The fraction of sp³-hybridized carbons (Fsp3) is 0.429. The van der Waals surface area contributed by atoms with Crippen molar-refractivity contribution in [2.45, 2.75) is 38.5 Å². The molecule has 114 valence electrons. The van der Waals surface area contributed by atoms with Gasteiger partial charge in [-0.3, -0.25) is 0 Å². The van der Waals surface area contributed by atoms with Crippen LogP contribution in [0.25, 0.3) is 0 Å². The topological polar surface area (TPSA) is 37.4 Å². The van der Waals surface area contributed by atoms with Crippen molar-refractivity contribution >= 4 is 31.9 Å². The standard InChI is InChI=1S/C8H10ClNO2S2.C6H12/c1-7-3-5-8(6-4-7)14(11,12)10(2)13-9;1-3-5-6-4-2/h3-6H,1-2H3;3,5H,4,6H2,1-2H3/b;5-3+. The van der Waals surface area contributed by atoms with Crippen molar-refractivity contribution < 1.29 is 8.42 Å². The summed E-state index contributed by atoms with van der Waals surface area (Å²) in [6, 6.07) is 6.63. The summed E-state index contributed by atoms with van der Waals surface area (Å²) in [6.45, 7) is 6.13. The van der Waals surface area contributed by atoms with Crippen LogP contribution in [0.15, 0.2) is 41.3 Å². The van der Waals surface area contributed by atoms with E-state index < -0.39 is 10.0 Å². The van der Waals surface area contributed by atoms with Crippen LogP contribution in [-0.4, -0.2) is 19.2 Å². The lowest BCUT2D eigenvalue weighted by Crippen LogP contribution is -2.18. The molecular formula is C14H22ClNO2S2.